The van der Waals surface area contributed by atoms with Gasteiger partial charge in [0, 0.05) is 19.6 Å². The highest BCUT2D eigenvalue weighted by molar-refractivity contribution is 7.89. The van der Waals surface area contributed by atoms with Crippen LogP contribution in [-0.2, 0) is 23.0 Å². The van der Waals surface area contributed by atoms with Gasteiger partial charge in [0.1, 0.15) is 0 Å². The van der Waals surface area contributed by atoms with Crippen LogP contribution in [0.4, 0.5) is 5.82 Å². The average molecular weight is 466 g/mol. The number of nitrogens with zero attached hydrogens (tertiary/aromatic N) is 3. The minimum absolute atomic E-state index is 0.0307. The molecule has 0 atom stereocenters. The molecule has 0 saturated carbocycles. The number of carbonyl (C=O) groups excluding carboxylic acids is 1. The van der Waals surface area contributed by atoms with Gasteiger partial charge >= 0.3 is 0 Å². The first-order chi connectivity index (χ1) is 15.9. The molecule has 172 valence electrons. The number of nitrogens with two attached hydrogens (primary N) is 1. The quantitative estimate of drug-likeness (QED) is 0.554. The van der Waals surface area contributed by atoms with Gasteiger partial charge in [0.15, 0.2) is 11.5 Å². The molecule has 0 bridgehead atoms. The van der Waals surface area contributed by atoms with Crippen molar-refractivity contribution in [3.63, 3.8) is 0 Å². The molecule has 1 saturated heterocycles. The number of anilines is 1. The predicted octanol–water partition coefficient (Wildman–Crippen LogP) is 2.51. The largest absolute Gasteiger partial charge is 0.355 e. The number of amides is 1. The smallest absolute Gasteiger partial charge is 0.272 e. The van der Waals surface area contributed by atoms with Crippen molar-refractivity contribution in [2.75, 3.05) is 18.0 Å². The minimum Gasteiger partial charge on any atom is -0.355 e. The standard InChI is InChI=1S/C24H27N5O3S/c25-33(31,32)21-8-6-20(7-9-21)17-26-24(30)22-10-11-23(28-27-22)29-14-12-19(13-15-29)16-18-4-2-1-3-5-18/h1-11,19H,12-17H2,(H,26,30)(H2,25,31,32). The van der Waals surface area contributed by atoms with Crippen molar-refractivity contribution in [3.8, 4) is 0 Å². The topological polar surface area (TPSA) is 118 Å². The summed E-state index contributed by atoms with van der Waals surface area (Å²) in [6.07, 6.45) is 3.30. The Kier molecular flexibility index (Phi) is 7.00. The zero-order valence-corrected chi connectivity index (χ0v) is 19.0. The molecule has 9 heteroatoms. The van der Waals surface area contributed by atoms with Gasteiger partial charge in [-0.15, -0.1) is 10.2 Å². The Hall–Kier alpha value is -3.30. The fourth-order valence-corrected chi connectivity index (χ4v) is 4.51. The summed E-state index contributed by atoms with van der Waals surface area (Å²) in [6, 6.07) is 20.1. The van der Waals surface area contributed by atoms with Gasteiger partial charge in [-0.2, -0.15) is 0 Å². The van der Waals surface area contributed by atoms with Gasteiger partial charge in [-0.3, -0.25) is 4.79 Å². The van der Waals surface area contributed by atoms with Crippen LogP contribution in [0.3, 0.4) is 0 Å². The predicted molar refractivity (Wildman–Crippen MR) is 126 cm³/mol. The number of primary sulfonamides is 1. The molecule has 2 aromatic carbocycles. The second-order valence-electron chi connectivity index (χ2n) is 8.27. The van der Waals surface area contributed by atoms with Crippen molar-refractivity contribution in [1.82, 2.24) is 15.5 Å². The summed E-state index contributed by atoms with van der Waals surface area (Å²) in [7, 11) is -3.73. The van der Waals surface area contributed by atoms with Gasteiger partial charge in [-0.25, -0.2) is 13.6 Å². The Bertz CT molecular complexity index is 1180. The van der Waals surface area contributed by atoms with E-state index in [4.69, 9.17) is 5.14 Å². The van der Waals surface area contributed by atoms with Crippen molar-refractivity contribution in [1.29, 1.82) is 0 Å². The summed E-state index contributed by atoms with van der Waals surface area (Å²) in [5.74, 6) is 1.11. The van der Waals surface area contributed by atoms with Crippen LogP contribution >= 0.6 is 0 Å². The van der Waals surface area contributed by atoms with Gasteiger partial charge in [0.2, 0.25) is 10.0 Å². The number of benzene rings is 2. The molecule has 33 heavy (non-hydrogen) atoms. The van der Waals surface area contributed by atoms with Crippen molar-refractivity contribution < 1.29 is 13.2 Å². The van der Waals surface area contributed by atoms with Crippen LogP contribution in [0, 0.1) is 5.92 Å². The summed E-state index contributed by atoms with van der Waals surface area (Å²) < 4.78 is 22.6. The molecule has 1 aliphatic heterocycles. The third-order valence-electron chi connectivity index (χ3n) is 5.89. The molecule has 3 N–H and O–H groups in total. The highest BCUT2D eigenvalue weighted by atomic mass is 32.2. The third kappa shape index (κ3) is 6.15. The molecule has 2 heterocycles. The lowest BCUT2D eigenvalue weighted by Crippen LogP contribution is -2.35. The Labute approximate surface area is 193 Å². The van der Waals surface area contributed by atoms with Gasteiger partial charge in [0.25, 0.3) is 5.91 Å². The summed E-state index contributed by atoms with van der Waals surface area (Å²) in [6.45, 7) is 2.08. The molecule has 1 aromatic heterocycles. The Morgan fingerprint density at radius 2 is 1.64 bits per heavy atom. The summed E-state index contributed by atoms with van der Waals surface area (Å²) in [5, 5.41) is 16.2. The average Bonchev–Trinajstić information content (AvgIpc) is 2.83. The maximum atomic E-state index is 12.4. The maximum absolute atomic E-state index is 12.4. The first kappa shape index (κ1) is 22.9. The maximum Gasteiger partial charge on any atom is 0.272 e. The van der Waals surface area contributed by atoms with Crippen LogP contribution in [0.15, 0.2) is 71.6 Å². The molecule has 0 unspecified atom stereocenters. The van der Waals surface area contributed by atoms with Crippen LogP contribution < -0.4 is 15.4 Å². The second-order valence-corrected chi connectivity index (χ2v) is 9.83. The van der Waals surface area contributed by atoms with E-state index >= 15 is 0 Å². The SMILES string of the molecule is NS(=O)(=O)c1ccc(CNC(=O)c2ccc(N3CCC(Cc4ccccc4)CC3)nn2)cc1. The zero-order chi connectivity index (χ0) is 23.3. The van der Waals surface area contributed by atoms with E-state index in [1.54, 1.807) is 18.2 Å². The van der Waals surface area contributed by atoms with E-state index in [1.807, 2.05) is 12.1 Å². The lowest BCUT2D eigenvalue weighted by atomic mass is 9.90. The van der Waals surface area contributed by atoms with E-state index in [0.29, 0.717) is 5.92 Å². The lowest BCUT2D eigenvalue weighted by Gasteiger charge is -2.32. The molecule has 1 aliphatic rings. The first-order valence-corrected chi connectivity index (χ1v) is 12.5. The van der Waals surface area contributed by atoms with Crippen LogP contribution in [0.25, 0.3) is 0 Å². The van der Waals surface area contributed by atoms with E-state index in [1.165, 1.54) is 17.7 Å². The van der Waals surface area contributed by atoms with Gasteiger partial charge in [-0.1, -0.05) is 42.5 Å². The molecule has 0 aliphatic carbocycles. The van der Waals surface area contributed by atoms with Crippen LogP contribution in [0.5, 0.6) is 0 Å². The monoisotopic (exact) mass is 465 g/mol. The molecule has 1 amide bonds. The van der Waals surface area contributed by atoms with E-state index in [9.17, 15) is 13.2 Å². The number of carbonyl (C=O) groups is 1. The lowest BCUT2D eigenvalue weighted by molar-refractivity contribution is 0.0945. The number of rotatable bonds is 7. The Morgan fingerprint density at radius 3 is 2.24 bits per heavy atom. The molecular weight excluding hydrogens is 438 g/mol. The molecule has 3 aromatic rings. The van der Waals surface area contributed by atoms with Crippen LogP contribution in [-0.4, -0.2) is 37.6 Å². The first-order valence-electron chi connectivity index (χ1n) is 10.9. The van der Waals surface area contributed by atoms with E-state index < -0.39 is 10.0 Å². The summed E-state index contributed by atoms with van der Waals surface area (Å²) in [4.78, 5) is 14.6. The fourth-order valence-electron chi connectivity index (χ4n) is 4.00. The van der Waals surface area contributed by atoms with Gasteiger partial charge in [-0.05, 0) is 60.6 Å². The number of hydrogen-bond donors (Lipinski definition) is 2. The number of sulfonamides is 1. The fraction of sp³-hybridized carbons (Fsp3) is 0.292. The zero-order valence-electron chi connectivity index (χ0n) is 18.2. The highest BCUT2D eigenvalue weighted by Gasteiger charge is 2.21. The van der Waals surface area contributed by atoms with E-state index in [0.717, 1.165) is 43.7 Å². The second kappa shape index (κ2) is 10.1. The van der Waals surface area contributed by atoms with E-state index in [2.05, 4.69) is 44.7 Å². The number of piperidine rings is 1. The molecule has 8 nitrogen and oxygen atoms in total. The summed E-state index contributed by atoms with van der Waals surface area (Å²) in [5.41, 5.74) is 2.36. The minimum atomic E-state index is -3.73. The summed E-state index contributed by atoms with van der Waals surface area (Å²) >= 11 is 0. The molecule has 0 radical (unpaired) electrons. The van der Waals surface area contributed by atoms with Crippen molar-refractivity contribution in [2.45, 2.75) is 30.7 Å². The van der Waals surface area contributed by atoms with Gasteiger partial charge < -0.3 is 10.2 Å². The molecule has 4 rings (SSSR count). The molecule has 0 spiro atoms. The van der Waals surface area contributed by atoms with Crippen LogP contribution in [0.2, 0.25) is 0 Å². The van der Waals surface area contributed by atoms with Gasteiger partial charge in [0.05, 0.1) is 4.90 Å². The van der Waals surface area contributed by atoms with E-state index in [-0.39, 0.29) is 23.0 Å². The normalized spacial score (nSPS) is 14.8. The van der Waals surface area contributed by atoms with Crippen molar-refractivity contribution >= 4 is 21.7 Å². The molecular formula is C24H27N5O3S. The molecule has 1 fully saturated rings. The third-order valence-corrected chi connectivity index (χ3v) is 6.82. The van der Waals surface area contributed by atoms with Crippen molar-refractivity contribution in [2.24, 2.45) is 11.1 Å². The Morgan fingerprint density at radius 1 is 0.939 bits per heavy atom. The number of hydrogen-bond acceptors (Lipinski definition) is 6. The number of nitrogens with one attached hydrogen (secondary N) is 1. The van der Waals surface area contributed by atoms with Crippen LogP contribution in [0.1, 0.15) is 34.5 Å². The van der Waals surface area contributed by atoms with Crippen molar-refractivity contribution in [3.05, 3.63) is 83.6 Å². The highest BCUT2D eigenvalue weighted by Crippen LogP contribution is 2.24. The Balaban J connectivity index is 1.27. The number of aromatic nitrogens is 2.